The quantitative estimate of drug-likeness (QED) is 0.840. The highest BCUT2D eigenvalue weighted by Gasteiger charge is 2.34. The predicted octanol–water partition coefficient (Wildman–Crippen LogP) is 3.73. The Kier molecular flexibility index (Phi) is 5.78. The highest BCUT2D eigenvalue weighted by molar-refractivity contribution is 6.31. The van der Waals surface area contributed by atoms with Gasteiger partial charge in [0.2, 0.25) is 11.8 Å². The molecule has 1 heterocycles. The number of carbonyl (C=O) groups excluding carboxylic acids is 2. The number of benzene rings is 2. The van der Waals surface area contributed by atoms with E-state index in [1.54, 1.807) is 23.1 Å². The molecule has 3 rings (SSSR count). The van der Waals surface area contributed by atoms with Crippen molar-refractivity contribution in [2.24, 2.45) is 5.92 Å². The van der Waals surface area contributed by atoms with Crippen LogP contribution in [0.1, 0.15) is 18.9 Å². The molecule has 1 atom stereocenters. The van der Waals surface area contributed by atoms with E-state index in [0.29, 0.717) is 30.4 Å². The number of nitrogens with one attached hydrogen (secondary N) is 1. The first-order chi connectivity index (χ1) is 12.6. The summed E-state index contributed by atoms with van der Waals surface area (Å²) in [6.45, 7) is 3.33. The van der Waals surface area contributed by atoms with Crippen molar-refractivity contribution >= 4 is 29.1 Å². The van der Waals surface area contributed by atoms with Crippen molar-refractivity contribution in [3.63, 3.8) is 0 Å². The summed E-state index contributed by atoms with van der Waals surface area (Å²) in [5.41, 5.74) is 1.57. The minimum Gasteiger partial charge on any atom is -0.494 e. The SMILES string of the molecule is CCOc1ccc(NC(=O)C2CC(=O)N(Cc3ccccc3Cl)C2)cc1. The van der Waals surface area contributed by atoms with E-state index in [1.807, 2.05) is 37.3 Å². The lowest BCUT2D eigenvalue weighted by Crippen LogP contribution is -2.28. The molecule has 0 spiro atoms. The van der Waals surface area contributed by atoms with Gasteiger partial charge in [-0.3, -0.25) is 9.59 Å². The number of rotatable bonds is 6. The summed E-state index contributed by atoms with van der Waals surface area (Å²) in [5.74, 6) is 0.213. The van der Waals surface area contributed by atoms with Crippen molar-refractivity contribution in [2.75, 3.05) is 18.5 Å². The summed E-state index contributed by atoms with van der Waals surface area (Å²) in [7, 11) is 0. The first kappa shape index (κ1) is 18.3. The lowest BCUT2D eigenvalue weighted by molar-refractivity contribution is -0.128. The van der Waals surface area contributed by atoms with E-state index in [4.69, 9.17) is 16.3 Å². The predicted molar refractivity (Wildman–Crippen MR) is 101 cm³/mol. The van der Waals surface area contributed by atoms with Crippen molar-refractivity contribution < 1.29 is 14.3 Å². The molecule has 5 nitrogen and oxygen atoms in total. The fourth-order valence-electron chi connectivity index (χ4n) is 2.98. The third-order valence-electron chi connectivity index (χ3n) is 4.34. The fourth-order valence-corrected chi connectivity index (χ4v) is 3.17. The molecule has 136 valence electrons. The molecule has 1 fully saturated rings. The Morgan fingerprint density at radius 1 is 1.23 bits per heavy atom. The molecule has 0 radical (unpaired) electrons. The Balaban J connectivity index is 1.59. The second-order valence-electron chi connectivity index (χ2n) is 6.21. The van der Waals surface area contributed by atoms with Crippen LogP contribution in [0.2, 0.25) is 5.02 Å². The molecule has 2 aromatic rings. The molecule has 0 saturated carbocycles. The zero-order chi connectivity index (χ0) is 18.5. The number of anilines is 1. The van der Waals surface area contributed by atoms with Gasteiger partial charge in [-0.25, -0.2) is 0 Å². The smallest absolute Gasteiger partial charge is 0.229 e. The van der Waals surface area contributed by atoms with Gasteiger partial charge in [0.25, 0.3) is 0 Å². The molecule has 0 aromatic heterocycles. The molecule has 1 aliphatic heterocycles. The van der Waals surface area contributed by atoms with Gasteiger partial charge < -0.3 is 15.0 Å². The molecule has 1 saturated heterocycles. The minimum atomic E-state index is -0.364. The van der Waals surface area contributed by atoms with Crippen LogP contribution in [0.5, 0.6) is 5.75 Å². The number of hydrogen-bond donors (Lipinski definition) is 1. The van der Waals surface area contributed by atoms with Gasteiger partial charge in [-0.2, -0.15) is 0 Å². The van der Waals surface area contributed by atoms with Crippen LogP contribution in [0.4, 0.5) is 5.69 Å². The number of halogens is 1. The van der Waals surface area contributed by atoms with Crippen LogP contribution in [0.25, 0.3) is 0 Å². The molecule has 1 aliphatic rings. The maximum Gasteiger partial charge on any atom is 0.229 e. The van der Waals surface area contributed by atoms with Gasteiger partial charge in [0.05, 0.1) is 12.5 Å². The summed E-state index contributed by atoms with van der Waals surface area (Å²) in [6, 6.07) is 14.6. The number of nitrogens with zero attached hydrogens (tertiary/aromatic N) is 1. The summed E-state index contributed by atoms with van der Waals surface area (Å²) in [5, 5.41) is 3.50. The molecule has 26 heavy (non-hydrogen) atoms. The molecule has 1 N–H and O–H groups in total. The van der Waals surface area contributed by atoms with E-state index in [2.05, 4.69) is 5.32 Å². The summed E-state index contributed by atoms with van der Waals surface area (Å²) in [4.78, 5) is 26.4. The molecular formula is C20H21ClN2O3. The van der Waals surface area contributed by atoms with Gasteiger partial charge in [0.1, 0.15) is 5.75 Å². The molecule has 2 amide bonds. The molecule has 0 bridgehead atoms. The Morgan fingerprint density at radius 2 is 1.96 bits per heavy atom. The maximum atomic E-state index is 12.5. The second-order valence-corrected chi connectivity index (χ2v) is 6.62. The van der Waals surface area contributed by atoms with Crippen LogP contribution in [0, 0.1) is 5.92 Å². The largest absolute Gasteiger partial charge is 0.494 e. The number of amides is 2. The van der Waals surface area contributed by atoms with Crippen molar-refractivity contribution in [3.8, 4) is 5.75 Å². The lowest BCUT2D eigenvalue weighted by Gasteiger charge is -2.17. The second kappa shape index (κ2) is 8.23. The molecule has 2 aromatic carbocycles. The van der Waals surface area contributed by atoms with Crippen molar-refractivity contribution in [3.05, 3.63) is 59.1 Å². The van der Waals surface area contributed by atoms with Gasteiger partial charge in [0, 0.05) is 30.2 Å². The van der Waals surface area contributed by atoms with E-state index in [9.17, 15) is 9.59 Å². The average Bonchev–Trinajstić information content (AvgIpc) is 3.00. The maximum absolute atomic E-state index is 12.5. The third kappa shape index (κ3) is 4.35. The van der Waals surface area contributed by atoms with Crippen LogP contribution >= 0.6 is 11.6 Å². The first-order valence-corrected chi connectivity index (χ1v) is 8.99. The normalized spacial score (nSPS) is 16.6. The Bertz CT molecular complexity index is 792. The lowest BCUT2D eigenvalue weighted by atomic mass is 10.1. The van der Waals surface area contributed by atoms with Crippen LogP contribution in [-0.4, -0.2) is 29.9 Å². The zero-order valence-electron chi connectivity index (χ0n) is 14.6. The molecular weight excluding hydrogens is 352 g/mol. The van der Waals surface area contributed by atoms with E-state index >= 15 is 0 Å². The number of likely N-dealkylation sites (tertiary alicyclic amines) is 1. The van der Waals surface area contributed by atoms with E-state index in [0.717, 1.165) is 11.3 Å². The number of hydrogen-bond acceptors (Lipinski definition) is 3. The number of ether oxygens (including phenoxy) is 1. The third-order valence-corrected chi connectivity index (χ3v) is 4.71. The minimum absolute atomic E-state index is 0.0308. The van der Waals surface area contributed by atoms with Crippen molar-refractivity contribution in [2.45, 2.75) is 19.9 Å². The van der Waals surface area contributed by atoms with Crippen molar-refractivity contribution in [1.82, 2.24) is 4.90 Å². The number of carbonyl (C=O) groups is 2. The first-order valence-electron chi connectivity index (χ1n) is 8.61. The average molecular weight is 373 g/mol. The molecule has 6 heteroatoms. The molecule has 1 unspecified atom stereocenters. The van der Waals surface area contributed by atoms with Crippen LogP contribution < -0.4 is 10.1 Å². The Labute approximate surface area is 157 Å². The highest BCUT2D eigenvalue weighted by Crippen LogP contribution is 2.25. The fraction of sp³-hybridized carbons (Fsp3) is 0.300. The van der Waals surface area contributed by atoms with E-state index in [1.165, 1.54) is 0 Å². The van der Waals surface area contributed by atoms with Gasteiger partial charge >= 0.3 is 0 Å². The Morgan fingerprint density at radius 3 is 2.65 bits per heavy atom. The van der Waals surface area contributed by atoms with E-state index < -0.39 is 0 Å². The zero-order valence-corrected chi connectivity index (χ0v) is 15.3. The van der Waals surface area contributed by atoms with Gasteiger partial charge in [0.15, 0.2) is 0 Å². The van der Waals surface area contributed by atoms with Crippen LogP contribution in [-0.2, 0) is 16.1 Å². The Hall–Kier alpha value is -2.53. The monoisotopic (exact) mass is 372 g/mol. The molecule has 0 aliphatic carbocycles. The summed E-state index contributed by atoms with van der Waals surface area (Å²) >= 11 is 6.16. The highest BCUT2D eigenvalue weighted by atomic mass is 35.5. The standard InChI is InChI=1S/C20H21ClN2O3/c1-2-26-17-9-7-16(8-10-17)22-20(25)15-11-19(24)23(13-15)12-14-5-3-4-6-18(14)21/h3-10,15H,2,11-13H2,1H3,(H,22,25). The van der Waals surface area contributed by atoms with Crippen LogP contribution in [0.3, 0.4) is 0 Å². The van der Waals surface area contributed by atoms with E-state index in [-0.39, 0.29) is 24.2 Å². The topological polar surface area (TPSA) is 58.6 Å². The summed E-state index contributed by atoms with van der Waals surface area (Å²) in [6.07, 6.45) is 0.216. The van der Waals surface area contributed by atoms with Gasteiger partial charge in [-0.05, 0) is 42.8 Å². The van der Waals surface area contributed by atoms with Crippen LogP contribution in [0.15, 0.2) is 48.5 Å². The van der Waals surface area contributed by atoms with Gasteiger partial charge in [-0.15, -0.1) is 0 Å². The van der Waals surface area contributed by atoms with Crippen molar-refractivity contribution in [1.29, 1.82) is 0 Å². The van der Waals surface area contributed by atoms with Gasteiger partial charge in [-0.1, -0.05) is 29.8 Å². The summed E-state index contributed by atoms with van der Waals surface area (Å²) < 4.78 is 5.39.